The highest BCUT2D eigenvalue weighted by molar-refractivity contribution is 9.10. The maximum atomic E-state index is 5.71. The third-order valence-electron chi connectivity index (χ3n) is 2.91. The largest absolute Gasteiger partial charge is 0.344 e. The quantitative estimate of drug-likeness (QED) is 0.941. The Bertz CT molecular complexity index is 513. The summed E-state index contributed by atoms with van der Waals surface area (Å²) in [6.45, 7) is 6.35. The van der Waals surface area contributed by atoms with Crippen LogP contribution in [0, 0.1) is 6.92 Å². The zero-order valence-electron chi connectivity index (χ0n) is 10.2. The predicted octanol–water partition coefficient (Wildman–Crippen LogP) is 2.28. The maximum absolute atomic E-state index is 5.71. The zero-order chi connectivity index (χ0) is 12.4. The Morgan fingerprint density at radius 1 is 1.47 bits per heavy atom. The van der Waals surface area contributed by atoms with Crippen LogP contribution in [0.5, 0.6) is 0 Å². The molecule has 0 amide bonds. The lowest BCUT2D eigenvalue weighted by molar-refractivity contribution is 0.590. The van der Waals surface area contributed by atoms with Gasteiger partial charge in [0.25, 0.3) is 0 Å². The molecule has 2 heterocycles. The highest BCUT2D eigenvalue weighted by Gasteiger charge is 2.13. The van der Waals surface area contributed by atoms with Crippen molar-refractivity contribution >= 4 is 15.9 Å². The molecular formula is C12H17BrN4. The summed E-state index contributed by atoms with van der Waals surface area (Å²) >= 11 is 3.61. The molecule has 2 aromatic heterocycles. The number of halogens is 1. The summed E-state index contributed by atoms with van der Waals surface area (Å²) < 4.78 is 5.28. The van der Waals surface area contributed by atoms with Crippen molar-refractivity contribution in [2.24, 2.45) is 5.73 Å². The van der Waals surface area contributed by atoms with Crippen molar-refractivity contribution < 1.29 is 0 Å². The van der Waals surface area contributed by atoms with Gasteiger partial charge in [0.15, 0.2) is 0 Å². The lowest BCUT2D eigenvalue weighted by atomic mass is 10.3. The van der Waals surface area contributed by atoms with Gasteiger partial charge in [-0.15, -0.1) is 0 Å². The first-order valence-electron chi connectivity index (χ1n) is 5.73. The number of hydrogen-bond acceptors (Lipinski definition) is 2. The highest BCUT2D eigenvalue weighted by Crippen LogP contribution is 2.22. The summed E-state index contributed by atoms with van der Waals surface area (Å²) in [6.07, 6.45) is 2.05. The topological polar surface area (TPSA) is 48.8 Å². The molecule has 0 atom stereocenters. The SMILES string of the molecule is CCn1nc(C)c(Br)c1Cn1cccc1CN. The Kier molecular flexibility index (Phi) is 3.69. The van der Waals surface area contributed by atoms with E-state index in [4.69, 9.17) is 5.73 Å². The molecule has 4 nitrogen and oxygen atoms in total. The molecule has 2 rings (SSSR count). The molecular weight excluding hydrogens is 280 g/mol. The molecule has 0 saturated heterocycles. The summed E-state index contributed by atoms with van der Waals surface area (Å²) in [5, 5.41) is 4.49. The van der Waals surface area contributed by atoms with E-state index in [-0.39, 0.29) is 0 Å². The van der Waals surface area contributed by atoms with E-state index in [1.165, 1.54) is 5.69 Å². The van der Waals surface area contributed by atoms with Gasteiger partial charge < -0.3 is 10.3 Å². The van der Waals surface area contributed by atoms with Crippen molar-refractivity contribution in [2.45, 2.75) is 33.5 Å². The molecule has 0 aliphatic heterocycles. The Morgan fingerprint density at radius 2 is 2.24 bits per heavy atom. The normalized spacial score (nSPS) is 11.1. The maximum Gasteiger partial charge on any atom is 0.0739 e. The van der Waals surface area contributed by atoms with Crippen LogP contribution in [-0.4, -0.2) is 14.3 Å². The van der Waals surface area contributed by atoms with Gasteiger partial charge in [0.2, 0.25) is 0 Å². The van der Waals surface area contributed by atoms with Crippen LogP contribution in [0.1, 0.15) is 24.0 Å². The van der Waals surface area contributed by atoms with Crippen LogP contribution in [0.4, 0.5) is 0 Å². The fourth-order valence-electron chi connectivity index (χ4n) is 1.97. The monoisotopic (exact) mass is 296 g/mol. The van der Waals surface area contributed by atoms with Gasteiger partial charge in [0.05, 0.1) is 22.4 Å². The summed E-state index contributed by atoms with van der Waals surface area (Å²) in [4.78, 5) is 0. The molecule has 0 saturated carbocycles. The second kappa shape index (κ2) is 5.06. The van der Waals surface area contributed by atoms with Crippen molar-refractivity contribution in [1.82, 2.24) is 14.3 Å². The van der Waals surface area contributed by atoms with Crippen molar-refractivity contribution in [3.05, 3.63) is 39.9 Å². The van der Waals surface area contributed by atoms with Gasteiger partial charge in [0.1, 0.15) is 0 Å². The molecule has 2 aromatic rings. The van der Waals surface area contributed by atoms with Crippen molar-refractivity contribution in [1.29, 1.82) is 0 Å². The smallest absolute Gasteiger partial charge is 0.0739 e. The number of aryl methyl sites for hydroxylation is 2. The van der Waals surface area contributed by atoms with Crippen LogP contribution in [-0.2, 0) is 19.6 Å². The van der Waals surface area contributed by atoms with Crippen LogP contribution in [0.2, 0.25) is 0 Å². The third kappa shape index (κ3) is 2.30. The molecule has 0 aromatic carbocycles. The van der Waals surface area contributed by atoms with Crippen molar-refractivity contribution in [3.63, 3.8) is 0 Å². The van der Waals surface area contributed by atoms with E-state index in [1.54, 1.807) is 0 Å². The second-order valence-corrected chi connectivity index (χ2v) is 4.79. The lowest BCUT2D eigenvalue weighted by Crippen LogP contribution is -2.11. The van der Waals surface area contributed by atoms with E-state index in [2.05, 4.69) is 38.7 Å². The van der Waals surface area contributed by atoms with Crippen LogP contribution >= 0.6 is 15.9 Å². The fraction of sp³-hybridized carbons (Fsp3) is 0.417. The lowest BCUT2D eigenvalue weighted by Gasteiger charge is -2.10. The summed E-state index contributed by atoms with van der Waals surface area (Å²) in [6, 6.07) is 4.07. The first-order valence-corrected chi connectivity index (χ1v) is 6.52. The van der Waals surface area contributed by atoms with Crippen molar-refractivity contribution in [3.8, 4) is 0 Å². The molecule has 92 valence electrons. The molecule has 5 heteroatoms. The Labute approximate surface area is 110 Å². The number of aromatic nitrogens is 3. The number of nitrogens with two attached hydrogens (primary N) is 1. The average Bonchev–Trinajstić information content (AvgIpc) is 2.88. The average molecular weight is 297 g/mol. The molecule has 0 unspecified atom stereocenters. The minimum absolute atomic E-state index is 0.559. The predicted molar refractivity (Wildman–Crippen MR) is 71.8 cm³/mol. The number of rotatable bonds is 4. The van der Waals surface area contributed by atoms with E-state index in [1.807, 2.05) is 23.7 Å². The molecule has 0 fully saturated rings. The van der Waals surface area contributed by atoms with E-state index in [9.17, 15) is 0 Å². The summed E-state index contributed by atoms with van der Waals surface area (Å²) in [7, 11) is 0. The van der Waals surface area contributed by atoms with Crippen LogP contribution < -0.4 is 5.73 Å². The van der Waals surface area contributed by atoms with Crippen LogP contribution in [0.15, 0.2) is 22.8 Å². The van der Waals surface area contributed by atoms with Crippen molar-refractivity contribution in [2.75, 3.05) is 0 Å². The molecule has 0 aliphatic carbocycles. The minimum atomic E-state index is 0.559. The first-order chi connectivity index (χ1) is 8.17. The first kappa shape index (κ1) is 12.4. The standard InChI is InChI=1S/C12H17BrN4/c1-3-17-11(12(13)9(2)15-17)8-16-6-4-5-10(16)7-14/h4-6H,3,7-8,14H2,1-2H3. The van der Waals surface area contributed by atoms with E-state index in [0.29, 0.717) is 6.54 Å². The van der Waals surface area contributed by atoms with Gasteiger partial charge in [-0.1, -0.05) is 0 Å². The molecule has 0 spiro atoms. The van der Waals surface area contributed by atoms with Crippen LogP contribution in [0.3, 0.4) is 0 Å². The van der Waals surface area contributed by atoms with Gasteiger partial charge in [-0.05, 0) is 41.9 Å². The minimum Gasteiger partial charge on any atom is -0.344 e. The Balaban J connectivity index is 2.35. The van der Waals surface area contributed by atoms with Gasteiger partial charge in [-0.3, -0.25) is 4.68 Å². The Hall–Kier alpha value is -1.07. The van der Waals surface area contributed by atoms with Gasteiger partial charge in [-0.2, -0.15) is 5.10 Å². The Morgan fingerprint density at radius 3 is 2.88 bits per heavy atom. The van der Waals surface area contributed by atoms with E-state index < -0.39 is 0 Å². The highest BCUT2D eigenvalue weighted by atomic mass is 79.9. The molecule has 0 radical (unpaired) electrons. The van der Waals surface area contributed by atoms with Gasteiger partial charge in [-0.25, -0.2) is 0 Å². The molecule has 0 bridgehead atoms. The zero-order valence-corrected chi connectivity index (χ0v) is 11.7. The fourth-order valence-corrected chi connectivity index (χ4v) is 2.38. The molecule has 0 aliphatic rings. The second-order valence-electron chi connectivity index (χ2n) is 3.99. The van der Waals surface area contributed by atoms with Crippen LogP contribution in [0.25, 0.3) is 0 Å². The molecule has 17 heavy (non-hydrogen) atoms. The van der Waals surface area contributed by atoms with Gasteiger partial charge in [0, 0.05) is 25.0 Å². The van der Waals surface area contributed by atoms with Gasteiger partial charge >= 0.3 is 0 Å². The summed E-state index contributed by atoms with van der Waals surface area (Å²) in [5.74, 6) is 0. The van der Waals surface area contributed by atoms with E-state index >= 15 is 0 Å². The van der Waals surface area contributed by atoms with E-state index in [0.717, 1.165) is 29.0 Å². The third-order valence-corrected chi connectivity index (χ3v) is 3.94. The molecule has 2 N–H and O–H groups in total. The summed E-state index contributed by atoms with van der Waals surface area (Å²) in [5.41, 5.74) is 9.07. The number of nitrogens with zero attached hydrogens (tertiary/aromatic N) is 3. The number of hydrogen-bond donors (Lipinski definition) is 1.